The van der Waals surface area contributed by atoms with E-state index in [0.717, 1.165) is 10.0 Å². The summed E-state index contributed by atoms with van der Waals surface area (Å²) in [5.74, 6) is 0. The van der Waals surface area contributed by atoms with Crippen LogP contribution in [0.15, 0.2) is 22.7 Å². The average Bonchev–Trinajstić information content (AvgIpc) is 2.18. The van der Waals surface area contributed by atoms with E-state index in [1.54, 1.807) is 0 Å². The van der Waals surface area contributed by atoms with Crippen LogP contribution in [0.1, 0.15) is 25.5 Å². The number of ether oxygens (including phenoxy) is 1. The summed E-state index contributed by atoms with van der Waals surface area (Å²) < 4.78 is 6.32. The molecular weight excluding hydrogens is 277 g/mol. The van der Waals surface area contributed by atoms with Crippen molar-refractivity contribution < 1.29 is 4.74 Å². The highest BCUT2D eigenvalue weighted by molar-refractivity contribution is 9.10. The van der Waals surface area contributed by atoms with E-state index >= 15 is 0 Å². The molecule has 1 aromatic carbocycles. The Kier molecular flexibility index (Phi) is 5.06. The molecule has 0 saturated carbocycles. The lowest BCUT2D eigenvalue weighted by Gasteiger charge is -2.15. The monoisotopic (exact) mass is 291 g/mol. The molecule has 0 saturated heterocycles. The fraction of sp³-hybridized carbons (Fsp3) is 0.455. The molecule has 0 aliphatic carbocycles. The van der Waals surface area contributed by atoms with E-state index in [9.17, 15) is 0 Å². The maximum atomic E-state index is 5.97. The molecule has 0 aliphatic rings. The molecule has 2 nitrogen and oxygen atoms in total. The second-order valence-electron chi connectivity index (χ2n) is 3.66. The standard InChI is InChI=1S/C11H15BrClNO/c1-7(2)15-6-11(14)8-3-4-10(13)9(12)5-8/h3-5,7,11H,6,14H2,1-2H3. The lowest BCUT2D eigenvalue weighted by molar-refractivity contribution is 0.0683. The Bertz CT molecular complexity index is 330. The van der Waals surface area contributed by atoms with E-state index in [2.05, 4.69) is 15.9 Å². The molecule has 4 heteroatoms. The lowest BCUT2D eigenvalue weighted by atomic mass is 10.1. The number of nitrogens with two attached hydrogens (primary N) is 1. The van der Waals surface area contributed by atoms with Crippen molar-refractivity contribution in [3.05, 3.63) is 33.3 Å². The van der Waals surface area contributed by atoms with Crippen LogP contribution in [0.25, 0.3) is 0 Å². The van der Waals surface area contributed by atoms with Gasteiger partial charge in [-0.25, -0.2) is 0 Å². The van der Waals surface area contributed by atoms with Gasteiger partial charge in [0.2, 0.25) is 0 Å². The quantitative estimate of drug-likeness (QED) is 0.921. The number of hydrogen-bond donors (Lipinski definition) is 1. The number of benzene rings is 1. The minimum Gasteiger partial charge on any atom is -0.377 e. The lowest BCUT2D eigenvalue weighted by Crippen LogP contribution is -2.19. The van der Waals surface area contributed by atoms with Crippen LogP contribution in [0.5, 0.6) is 0 Å². The molecule has 0 radical (unpaired) electrons. The molecule has 0 amide bonds. The molecule has 0 aliphatic heterocycles. The molecule has 1 unspecified atom stereocenters. The van der Waals surface area contributed by atoms with Gasteiger partial charge in [0.25, 0.3) is 0 Å². The third-order valence-corrected chi connectivity index (χ3v) is 3.19. The van der Waals surface area contributed by atoms with Gasteiger partial charge in [-0.3, -0.25) is 0 Å². The minimum absolute atomic E-state index is 0.110. The molecular formula is C11H15BrClNO. The normalized spacial score (nSPS) is 13.2. The van der Waals surface area contributed by atoms with Gasteiger partial charge in [0.05, 0.1) is 23.8 Å². The predicted molar refractivity (Wildman–Crippen MR) is 67.2 cm³/mol. The first kappa shape index (κ1) is 13.0. The molecule has 2 N–H and O–H groups in total. The summed E-state index contributed by atoms with van der Waals surface area (Å²) in [5.41, 5.74) is 6.99. The molecule has 0 spiro atoms. The maximum Gasteiger partial charge on any atom is 0.0662 e. The topological polar surface area (TPSA) is 35.2 Å². The number of rotatable bonds is 4. The zero-order valence-corrected chi connectivity index (χ0v) is 11.2. The van der Waals surface area contributed by atoms with E-state index in [0.29, 0.717) is 11.6 Å². The molecule has 0 heterocycles. The van der Waals surface area contributed by atoms with Crippen LogP contribution in [-0.2, 0) is 4.74 Å². The molecule has 1 atom stereocenters. The highest BCUT2D eigenvalue weighted by Crippen LogP contribution is 2.25. The summed E-state index contributed by atoms with van der Waals surface area (Å²) in [6.07, 6.45) is 0.201. The van der Waals surface area contributed by atoms with Crippen LogP contribution >= 0.6 is 27.5 Å². The van der Waals surface area contributed by atoms with Crippen LogP contribution < -0.4 is 5.73 Å². The van der Waals surface area contributed by atoms with E-state index in [4.69, 9.17) is 22.1 Å². The largest absolute Gasteiger partial charge is 0.377 e. The molecule has 84 valence electrons. The minimum atomic E-state index is -0.110. The Hall–Kier alpha value is -0.0900. The van der Waals surface area contributed by atoms with Gasteiger partial charge in [0, 0.05) is 4.47 Å². The zero-order valence-electron chi connectivity index (χ0n) is 8.84. The van der Waals surface area contributed by atoms with Crippen molar-refractivity contribution in [2.24, 2.45) is 5.73 Å². The van der Waals surface area contributed by atoms with Gasteiger partial charge < -0.3 is 10.5 Å². The summed E-state index contributed by atoms with van der Waals surface area (Å²) in [7, 11) is 0. The van der Waals surface area contributed by atoms with Crippen LogP contribution in [0.4, 0.5) is 0 Å². The van der Waals surface area contributed by atoms with Crippen molar-refractivity contribution in [2.75, 3.05) is 6.61 Å². The summed E-state index contributed by atoms with van der Waals surface area (Å²) in [6, 6.07) is 5.56. The van der Waals surface area contributed by atoms with Crippen molar-refractivity contribution in [1.82, 2.24) is 0 Å². The van der Waals surface area contributed by atoms with Gasteiger partial charge in [-0.1, -0.05) is 17.7 Å². The molecule has 0 bridgehead atoms. The Morgan fingerprint density at radius 2 is 2.13 bits per heavy atom. The van der Waals surface area contributed by atoms with Crippen molar-refractivity contribution in [3.63, 3.8) is 0 Å². The Morgan fingerprint density at radius 1 is 1.47 bits per heavy atom. The van der Waals surface area contributed by atoms with Gasteiger partial charge in [-0.15, -0.1) is 0 Å². The summed E-state index contributed by atoms with van der Waals surface area (Å²) in [4.78, 5) is 0. The highest BCUT2D eigenvalue weighted by Gasteiger charge is 2.08. The second-order valence-corrected chi connectivity index (χ2v) is 4.92. The van der Waals surface area contributed by atoms with E-state index in [1.807, 2.05) is 32.0 Å². The van der Waals surface area contributed by atoms with E-state index in [1.165, 1.54) is 0 Å². The van der Waals surface area contributed by atoms with Gasteiger partial charge in [-0.2, -0.15) is 0 Å². The van der Waals surface area contributed by atoms with E-state index in [-0.39, 0.29) is 12.1 Å². The molecule has 0 aromatic heterocycles. The summed E-state index contributed by atoms with van der Waals surface area (Å²) in [5, 5.41) is 0.690. The molecule has 1 aromatic rings. The van der Waals surface area contributed by atoms with Gasteiger partial charge >= 0.3 is 0 Å². The Balaban J connectivity index is 2.65. The fourth-order valence-corrected chi connectivity index (χ4v) is 1.65. The third-order valence-electron chi connectivity index (χ3n) is 1.98. The first-order valence-corrected chi connectivity index (χ1v) is 6.00. The first-order chi connectivity index (χ1) is 7.00. The SMILES string of the molecule is CC(C)OCC(N)c1ccc(Cl)c(Br)c1. The molecule has 15 heavy (non-hydrogen) atoms. The smallest absolute Gasteiger partial charge is 0.0662 e. The number of hydrogen-bond acceptors (Lipinski definition) is 2. The zero-order chi connectivity index (χ0) is 11.4. The predicted octanol–water partition coefficient (Wildman–Crippen LogP) is 3.53. The van der Waals surface area contributed by atoms with Crippen molar-refractivity contribution in [2.45, 2.75) is 26.0 Å². The van der Waals surface area contributed by atoms with E-state index < -0.39 is 0 Å². The van der Waals surface area contributed by atoms with Gasteiger partial charge in [0.1, 0.15) is 0 Å². The Labute approximate surface area is 104 Å². The third kappa shape index (κ3) is 4.11. The van der Waals surface area contributed by atoms with Crippen molar-refractivity contribution in [3.8, 4) is 0 Å². The average molecular weight is 293 g/mol. The van der Waals surface area contributed by atoms with Gasteiger partial charge in [0.15, 0.2) is 0 Å². The second kappa shape index (κ2) is 5.85. The van der Waals surface area contributed by atoms with Crippen molar-refractivity contribution >= 4 is 27.5 Å². The molecule has 1 rings (SSSR count). The van der Waals surface area contributed by atoms with Crippen LogP contribution in [0, 0.1) is 0 Å². The highest BCUT2D eigenvalue weighted by atomic mass is 79.9. The maximum absolute atomic E-state index is 5.97. The van der Waals surface area contributed by atoms with Crippen LogP contribution in [-0.4, -0.2) is 12.7 Å². The summed E-state index contributed by atoms with van der Waals surface area (Å²) in [6.45, 7) is 4.50. The summed E-state index contributed by atoms with van der Waals surface area (Å²) >= 11 is 9.26. The number of halogens is 2. The fourth-order valence-electron chi connectivity index (χ4n) is 1.14. The van der Waals surface area contributed by atoms with Crippen molar-refractivity contribution in [1.29, 1.82) is 0 Å². The van der Waals surface area contributed by atoms with Gasteiger partial charge in [-0.05, 0) is 47.5 Å². The van der Waals surface area contributed by atoms with Crippen LogP contribution in [0.3, 0.4) is 0 Å². The Morgan fingerprint density at radius 3 is 2.67 bits per heavy atom. The molecule has 0 fully saturated rings. The first-order valence-electron chi connectivity index (χ1n) is 4.83. The van der Waals surface area contributed by atoms with Crippen LogP contribution in [0.2, 0.25) is 5.02 Å².